The van der Waals surface area contributed by atoms with Crippen molar-refractivity contribution in [1.82, 2.24) is 0 Å². The molecule has 0 N–H and O–H groups in total. The Bertz CT molecular complexity index is 2730. The van der Waals surface area contributed by atoms with Gasteiger partial charge in [0.1, 0.15) is 29.1 Å². The van der Waals surface area contributed by atoms with E-state index in [2.05, 4.69) is 49.4 Å². The summed E-state index contributed by atoms with van der Waals surface area (Å²) in [4.78, 5) is 0. The average Bonchev–Trinajstić information content (AvgIpc) is 1.14. The fraction of sp³-hybridized carbons (Fsp3) is 0.711. The highest BCUT2D eigenvalue weighted by atomic mass is 19.1. The van der Waals surface area contributed by atoms with Gasteiger partial charge in [0.25, 0.3) is 0 Å². The molecule has 4 aromatic rings. The SMILES string of the molecule is Cc1c(F)cc(C2CCC(C=CC3CCCCC3)CC2)cc1F.Cc1c(F)cc(C2CCC(CCCCC3CCCCC3)CC2)cc1F.Cc1ccc(C2CCC(CCCCC3CCCCC3)CC2)cc1.Cc1ccc(C2CCC(CCCCC3CCCCC3)CC2)cc1F. The number of rotatable bonds is 21. The Kier molecular flexibility index (Phi) is 32.7. The first-order valence-corrected chi connectivity index (χ1v) is 40.7. The van der Waals surface area contributed by atoms with Gasteiger partial charge in [-0.05, 0) is 272 Å². The Morgan fingerprint density at radius 3 is 0.863 bits per heavy atom. The second-order valence-corrected chi connectivity index (χ2v) is 33.1. The van der Waals surface area contributed by atoms with Crippen LogP contribution in [0.1, 0.15) is 376 Å². The van der Waals surface area contributed by atoms with Gasteiger partial charge in [0.05, 0.1) is 0 Å². The predicted octanol–water partition coefficient (Wildman–Crippen LogP) is 29.3. The van der Waals surface area contributed by atoms with Crippen molar-refractivity contribution in [2.24, 2.45) is 47.3 Å². The Morgan fingerprint density at radius 1 is 0.263 bits per heavy atom. The van der Waals surface area contributed by atoms with Gasteiger partial charge in [-0.15, -0.1) is 0 Å². The zero-order valence-electron chi connectivity index (χ0n) is 60.8. The smallest absolute Gasteiger partial charge is 0.129 e. The highest BCUT2D eigenvalue weighted by Gasteiger charge is 2.28. The maximum Gasteiger partial charge on any atom is 0.129 e. The summed E-state index contributed by atoms with van der Waals surface area (Å²) in [5.74, 6) is 7.89. The van der Waals surface area contributed by atoms with E-state index in [9.17, 15) is 22.0 Å². The van der Waals surface area contributed by atoms with E-state index in [1.807, 2.05) is 13.0 Å². The molecular weight excluding hydrogens is 1180 g/mol. The van der Waals surface area contributed by atoms with Crippen molar-refractivity contribution in [2.45, 2.75) is 360 Å². The molecule has 8 saturated carbocycles. The van der Waals surface area contributed by atoms with Gasteiger partial charge in [0.15, 0.2) is 0 Å². The molecule has 8 fully saturated rings. The summed E-state index contributed by atoms with van der Waals surface area (Å²) in [5.41, 5.74) is 6.98. The molecule has 8 aliphatic carbocycles. The minimum atomic E-state index is -0.403. The number of aryl methyl sites for hydroxylation is 2. The summed E-state index contributed by atoms with van der Waals surface area (Å²) in [6.07, 6.45) is 71.5. The van der Waals surface area contributed by atoms with E-state index >= 15 is 0 Å². The zero-order valence-corrected chi connectivity index (χ0v) is 60.8. The molecule has 8 aliphatic rings. The highest BCUT2D eigenvalue weighted by molar-refractivity contribution is 5.30. The monoisotopic (exact) mass is 1310 g/mol. The first-order chi connectivity index (χ1) is 46.3. The quantitative estimate of drug-likeness (QED) is 0.0443. The van der Waals surface area contributed by atoms with Crippen LogP contribution in [0.5, 0.6) is 0 Å². The minimum Gasteiger partial charge on any atom is -0.207 e. The van der Waals surface area contributed by atoms with Crippen molar-refractivity contribution < 1.29 is 22.0 Å². The van der Waals surface area contributed by atoms with Gasteiger partial charge in [-0.2, -0.15) is 0 Å². The first-order valence-electron chi connectivity index (χ1n) is 40.7. The van der Waals surface area contributed by atoms with E-state index < -0.39 is 11.6 Å². The normalized spacial score (nSPS) is 26.0. The molecule has 0 bridgehead atoms. The van der Waals surface area contributed by atoms with Crippen LogP contribution in [0.25, 0.3) is 0 Å². The molecule has 0 amide bonds. The maximum absolute atomic E-state index is 13.8. The number of hydrogen-bond donors (Lipinski definition) is 0. The van der Waals surface area contributed by atoms with Gasteiger partial charge in [0, 0.05) is 11.1 Å². The summed E-state index contributed by atoms with van der Waals surface area (Å²) in [6.45, 7) is 7.05. The molecule has 0 aromatic heterocycles. The number of halogens is 5. The molecule has 12 rings (SSSR count). The third-order valence-electron chi connectivity index (χ3n) is 26.0. The molecule has 95 heavy (non-hydrogen) atoms. The van der Waals surface area contributed by atoms with Crippen LogP contribution in [0.2, 0.25) is 0 Å². The van der Waals surface area contributed by atoms with E-state index in [-0.39, 0.29) is 28.6 Å². The molecule has 0 spiro atoms. The van der Waals surface area contributed by atoms with Gasteiger partial charge in [-0.3, -0.25) is 0 Å². The largest absolute Gasteiger partial charge is 0.207 e. The molecule has 0 radical (unpaired) electrons. The van der Waals surface area contributed by atoms with E-state index in [0.29, 0.717) is 23.7 Å². The van der Waals surface area contributed by atoms with E-state index in [1.54, 1.807) is 35.9 Å². The molecule has 5 heteroatoms. The number of benzene rings is 4. The number of unbranched alkanes of at least 4 members (excludes halogenated alkanes) is 3. The molecule has 0 saturated heterocycles. The van der Waals surface area contributed by atoms with Crippen LogP contribution in [0.4, 0.5) is 22.0 Å². The van der Waals surface area contributed by atoms with Gasteiger partial charge in [0.2, 0.25) is 0 Å². The van der Waals surface area contributed by atoms with E-state index in [4.69, 9.17) is 0 Å². The van der Waals surface area contributed by atoms with Crippen LogP contribution in [-0.4, -0.2) is 0 Å². The highest BCUT2D eigenvalue weighted by Crippen LogP contribution is 2.43. The summed E-state index contributed by atoms with van der Waals surface area (Å²) in [6, 6.07) is 21.4. The van der Waals surface area contributed by atoms with Crippen molar-refractivity contribution >= 4 is 0 Å². The van der Waals surface area contributed by atoms with Crippen molar-refractivity contribution in [3.05, 3.63) is 152 Å². The second-order valence-electron chi connectivity index (χ2n) is 33.1. The molecule has 0 heterocycles. The first kappa shape index (κ1) is 75.5. The minimum absolute atomic E-state index is 0.0302. The van der Waals surface area contributed by atoms with Gasteiger partial charge in [-0.25, -0.2) is 22.0 Å². The lowest BCUT2D eigenvalue weighted by atomic mass is 9.76. The Balaban J connectivity index is 0.000000149. The molecular formula is C90H133F5. The van der Waals surface area contributed by atoms with Crippen molar-refractivity contribution in [2.75, 3.05) is 0 Å². The van der Waals surface area contributed by atoms with Gasteiger partial charge in [-0.1, -0.05) is 247 Å². The average molecular weight is 1310 g/mol. The predicted molar refractivity (Wildman–Crippen MR) is 394 cm³/mol. The fourth-order valence-electron chi connectivity index (χ4n) is 19.2. The standard InChI is InChI=1S/C23H34F2.C23H35F.C23H36.C21H28F2/c1-17-22(24)15-21(16-23(17)25)20-13-11-19(12-14-20)10-6-5-9-18-7-3-2-4-8-18;1-18-11-14-22(17-23(18)24)21-15-12-20(13-16-21)10-6-5-9-19-7-3-2-4-8-19;1-19-11-15-22(16-12-19)23-17-13-21(14-18-23)10-6-5-9-20-7-3-2-4-8-20;1-15-20(22)13-19(14-21(15)23)18-11-9-17(10-12-18)8-7-16-5-3-2-4-6-16/h15-16,18-20H,2-14H2,1H3;11,14,17,19-21H,2-10,12-13,15-16H2,1H3;11-12,15-16,20-21,23H,2-10,13-14,17-18H2,1H3;7-8,13-14,16-18H,2-6,9-12H2,1H3. The lowest BCUT2D eigenvalue weighted by Gasteiger charge is -2.29. The molecule has 528 valence electrons. The Hall–Kier alpha value is -3.73. The van der Waals surface area contributed by atoms with E-state index in [0.717, 1.165) is 103 Å². The third kappa shape index (κ3) is 25.8. The number of allylic oxidation sites excluding steroid dienone is 2. The fourth-order valence-corrected chi connectivity index (χ4v) is 19.2. The van der Waals surface area contributed by atoms with Crippen molar-refractivity contribution in [3.8, 4) is 0 Å². The summed E-state index contributed by atoms with van der Waals surface area (Å²) in [7, 11) is 0. The van der Waals surface area contributed by atoms with E-state index in [1.165, 1.54) is 295 Å². The second kappa shape index (κ2) is 41.1. The molecule has 0 unspecified atom stereocenters. The molecule has 0 aliphatic heterocycles. The van der Waals surface area contributed by atoms with Crippen LogP contribution in [0, 0.1) is 104 Å². The molecule has 4 aromatic carbocycles. The zero-order chi connectivity index (χ0) is 66.6. The van der Waals surface area contributed by atoms with Crippen LogP contribution >= 0.6 is 0 Å². The topological polar surface area (TPSA) is 0 Å². The van der Waals surface area contributed by atoms with Crippen LogP contribution in [0.3, 0.4) is 0 Å². The lowest BCUT2D eigenvalue weighted by Crippen LogP contribution is -2.14. The molecule has 0 atom stereocenters. The Labute approximate surface area is 578 Å². The van der Waals surface area contributed by atoms with Crippen LogP contribution in [0.15, 0.2) is 78.9 Å². The molecule has 0 nitrogen and oxygen atoms in total. The summed E-state index contributed by atoms with van der Waals surface area (Å²) in [5, 5.41) is 0. The summed E-state index contributed by atoms with van der Waals surface area (Å²) < 4.78 is 68.8. The van der Waals surface area contributed by atoms with Crippen molar-refractivity contribution in [3.63, 3.8) is 0 Å². The van der Waals surface area contributed by atoms with Crippen molar-refractivity contribution in [1.29, 1.82) is 0 Å². The van der Waals surface area contributed by atoms with Gasteiger partial charge < -0.3 is 0 Å². The lowest BCUT2D eigenvalue weighted by molar-refractivity contribution is 0.288. The Morgan fingerprint density at radius 2 is 0.526 bits per heavy atom. The summed E-state index contributed by atoms with van der Waals surface area (Å²) >= 11 is 0. The maximum atomic E-state index is 13.8. The third-order valence-corrected chi connectivity index (χ3v) is 26.0. The number of hydrogen-bond acceptors (Lipinski definition) is 0. The van der Waals surface area contributed by atoms with Crippen LogP contribution in [-0.2, 0) is 0 Å². The van der Waals surface area contributed by atoms with Gasteiger partial charge >= 0.3 is 0 Å². The van der Waals surface area contributed by atoms with Crippen LogP contribution < -0.4 is 0 Å².